The van der Waals surface area contributed by atoms with Gasteiger partial charge in [-0.3, -0.25) is 0 Å². The Bertz CT molecular complexity index is 1800. The van der Waals surface area contributed by atoms with Crippen LogP contribution < -0.4 is 0 Å². The predicted octanol–water partition coefficient (Wildman–Crippen LogP) is 7.99. The molecule has 1 aliphatic carbocycles. The maximum absolute atomic E-state index is 6.35. The fourth-order valence-corrected chi connectivity index (χ4v) is 5.70. The van der Waals surface area contributed by atoms with Crippen molar-refractivity contribution in [3.8, 4) is 56.7 Å². The van der Waals surface area contributed by atoms with Gasteiger partial charge in [0, 0.05) is 27.7 Å². The van der Waals surface area contributed by atoms with Crippen LogP contribution >= 0.6 is 11.6 Å². The molecule has 0 atom stereocenters. The summed E-state index contributed by atoms with van der Waals surface area (Å²) in [6.45, 7) is 6.40. The quantitative estimate of drug-likeness (QED) is 0.220. The maximum Gasteiger partial charge on any atom is 0.226 e. The summed E-state index contributed by atoms with van der Waals surface area (Å²) < 4.78 is 0. The second-order valence-corrected chi connectivity index (χ2v) is 11.0. The molecule has 0 aliphatic heterocycles. The van der Waals surface area contributed by atoms with Gasteiger partial charge in [0.2, 0.25) is 5.28 Å². The highest BCUT2D eigenvalue weighted by Crippen LogP contribution is 2.50. The average molecular weight is 553 g/mol. The van der Waals surface area contributed by atoms with Crippen molar-refractivity contribution in [1.82, 2.24) is 29.9 Å². The van der Waals surface area contributed by atoms with Gasteiger partial charge in [0.1, 0.15) is 5.82 Å². The van der Waals surface area contributed by atoms with Gasteiger partial charge >= 0.3 is 0 Å². The molecule has 0 saturated carbocycles. The third kappa shape index (κ3) is 4.46. The lowest BCUT2D eigenvalue weighted by Crippen LogP contribution is -2.15. The van der Waals surface area contributed by atoms with Crippen LogP contribution in [0.4, 0.5) is 0 Å². The van der Waals surface area contributed by atoms with E-state index in [4.69, 9.17) is 26.6 Å². The number of aromatic nitrogens is 6. The smallest absolute Gasteiger partial charge is 0.213 e. The molecule has 0 fully saturated rings. The van der Waals surface area contributed by atoms with Gasteiger partial charge in [0.05, 0.1) is 0 Å². The number of nitrogens with zero attached hydrogens (tertiary/aromatic N) is 6. The van der Waals surface area contributed by atoms with Crippen molar-refractivity contribution < 1.29 is 0 Å². The van der Waals surface area contributed by atoms with E-state index in [1.807, 2.05) is 67.6 Å². The summed E-state index contributed by atoms with van der Waals surface area (Å²) in [6, 6.07) is 32.7. The lowest BCUT2D eigenvalue weighted by atomic mass is 9.81. The summed E-state index contributed by atoms with van der Waals surface area (Å²) in [5.41, 5.74) is 8.28. The van der Waals surface area contributed by atoms with Crippen LogP contribution in [0, 0.1) is 6.92 Å². The molecule has 4 aromatic carbocycles. The molecule has 0 radical (unpaired) electrons. The average Bonchev–Trinajstić information content (AvgIpc) is 3.23. The van der Waals surface area contributed by atoms with E-state index in [1.54, 1.807) is 0 Å². The van der Waals surface area contributed by atoms with Crippen LogP contribution in [0.3, 0.4) is 0 Å². The molecule has 0 bridgehead atoms. The number of hydrogen-bond acceptors (Lipinski definition) is 6. The van der Waals surface area contributed by atoms with Gasteiger partial charge in [-0.25, -0.2) is 19.9 Å². The van der Waals surface area contributed by atoms with Crippen LogP contribution in [-0.2, 0) is 5.41 Å². The highest BCUT2D eigenvalue weighted by Gasteiger charge is 2.36. The van der Waals surface area contributed by atoms with Gasteiger partial charge in [-0.05, 0) is 52.9 Å². The molecule has 0 spiro atoms. The van der Waals surface area contributed by atoms with Crippen molar-refractivity contribution in [2.45, 2.75) is 26.2 Å². The molecule has 7 rings (SSSR count). The summed E-state index contributed by atoms with van der Waals surface area (Å²) in [5.74, 6) is 3.13. The summed E-state index contributed by atoms with van der Waals surface area (Å²) in [7, 11) is 0. The molecule has 6 aromatic rings. The monoisotopic (exact) mass is 552 g/mol. The molecule has 1 aliphatic rings. The summed E-state index contributed by atoms with van der Waals surface area (Å²) in [4.78, 5) is 27.7. The van der Waals surface area contributed by atoms with Gasteiger partial charge in [-0.15, -0.1) is 0 Å². The molecular weight excluding hydrogens is 528 g/mol. The lowest BCUT2D eigenvalue weighted by molar-refractivity contribution is 0.660. The van der Waals surface area contributed by atoms with Crippen LogP contribution in [0.2, 0.25) is 5.28 Å². The zero-order valence-electron chi connectivity index (χ0n) is 22.8. The van der Waals surface area contributed by atoms with Gasteiger partial charge < -0.3 is 0 Å². The first-order chi connectivity index (χ1) is 19.9. The first kappa shape index (κ1) is 25.2. The van der Waals surface area contributed by atoms with Gasteiger partial charge in [0.15, 0.2) is 23.3 Å². The molecule has 6 nitrogen and oxygen atoms in total. The molecule has 198 valence electrons. The minimum Gasteiger partial charge on any atom is -0.213 e. The van der Waals surface area contributed by atoms with Crippen LogP contribution in [0.5, 0.6) is 0 Å². The van der Waals surface area contributed by atoms with Gasteiger partial charge in [-0.1, -0.05) is 98.8 Å². The second-order valence-electron chi connectivity index (χ2n) is 10.7. The molecule has 2 heterocycles. The Hall–Kier alpha value is -4.81. The predicted molar refractivity (Wildman–Crippen MR) is 162 cm³/mol. The Morgan fingerprint density at radius 1 is 0.488 bits per heavy atom. The highest BCUT2D eigenvalue weighted by atomic mass is 35.5. The van der Waals surface area contributed by atoms with Crippen molar-refractivity contribution >= 4 is 11.6 Å². The molecule has 2 aromatic heterocycles. The Labute approximate surface area is 243 Å². The van der Waals surface area contributed by atoms with E-state index >= 15 is 0 Å². The van der Waals surface area contributed by atoms with Gasteiger partial charge in [-0.2, -0.15) is 9.97 Å². The molecular formula is C34H25ClN6. The summed E-state index contributed by atoms with van der Waals surface area (Å²) in [6.07, 6.45) is 0. The van der Waals surface area contributed by atoms with E-state index in [9.17, 15) is 0 Å². The van der Waals surface area contributed by atoms with Crippen molar-refractivity contribution in [2.24, 2.45) is 0 Å². The summed E-state index contributed by atoms with van der Waals surface area (Å²) in [5, 5.41) is 0.170. The number of aryl methyl sites for hydroxylation is 1. The SMILES string of the molecule is Cc1nc(-c2ccccc2)nc(-c2ccc3c(c2)C(C)(C)c2cc(-c4nc(Cl)nc(-c5ccccc5)n4)ccc2-3)n1. The number of halogens is 1. The van der Waals surface area contributed by atoms with Crippen molar-refractivity contribution in [3.63, 3.8) is 0 Å². The minimum absolute atomic E-state index is 0.170. The van der Waals surface area contributed by atoms with Crippen molar-refractivity contribution in [3.05, 3.63) is 119 Å². The molecule has 0 unspecified atom stereocenters. The number of rotatable bonds is 4. The minimum atomic E-state index is -0.264. The Morgan fingerprint density at radius 2 is 0.902 bits per heavy atom. The van der Waals surface area contributed by atoms with E-state index in [-0.39, 0.29) is 10.7 Å². The molecule has 41 heavy (non-hydrogen) atoms. The van der Waals surface area contributed by atoms with Crippen LogP contribution in [-0.4, -0.2) is 29.9 Å². The molecule has 0 amide bonds. The number of fused-ring (bicyclic) bond motifs is 3. The van der Waals surface area contributed by atoms with Crippen LogP contribution in [0.1, 0.15) is 30.8 Å². The van der Waals surface area contributed by atoms with Gasteiger partial charge in [0.25, 0.3) is 0 Å². The zero-order chi connectivity index (χ0) is 28.1. The third-order valence-corrected chi connectivity index (χ3v) is 7.78. The topological polar surface area (TPSA) is 77.3 Å². The van der Waals surface area contributed by atoms with E-state index in [1.165, 1.54) is 22.3 Å². The second kappa shape index (κ2) is 9.68. The van der Waals surface area contributed by atoms with Crippen molar-refractivity contribution in [1.29, 1.82) is 0 Å². The fourth-order valence-electron chi connectivity index (χ4n) is 5.54. The fraction of sp³-hybridized carbons (Fsp3) is 0.118. The number of hydrogen-bond donors (Lipinski definition) is 0. The highest BCUT2D eigenvalue weighted by molar-refractivity contribution is 6.28. The Balaban J connectivity index is 1.29. The first-order valence-corrected chi connectivity index (χ1v) is 13.8. The standard InChI is InChI=1S/C34H25ClN6/c1-20-36-29(21-10-6-4-7-11-21)38-31(37-20)23-14-16-25-26-17-15-24(19-28(26)34(2,3)27(25)18-23)32-39-30(40-33(35)41-32)22-12-8-5-9-13-22/h4-19H,1-3H3. The van der Waals surface area contributed by atoms with E-state index in [0.29, 0.717) is 29.1 Å². The zero-order valence-corrected chi connectivity index (χ0v) is 23.6. The van der Waals surface area contributed by atoms with E-state index < -0.39 is 0 Å². The lowest BCUT2D eigenvalue weighted by Gasteiger charge is -2.22. The largest absolute Gasteiger partial charge is 0.226 e. The third-order valence-electron chi connectivity index (χ3n) is 7.61. The molecule has 0 N–H and O–H groups in total. The van der Waals surface area contributed by atoms with E-state index in [2.05, 4.69) is 65.2 Å². The maximum atomic E-state index is 6.35. The molecule has 7 heteroatoms. The van der Waals surface area contributed by atoms with Crippen LogP contribution in [0.15, 0.2) is 97.1 Å². The first-order valence-electron chi connectivity index (χ1n) is 13.4. The normalized spacial score (nSPS) is 13.1. The summed E-state index contributed by atoms with van der Waals surface area (Å²) >= 11 is 6.35. The molecule has 0 saturated heterocycles. The van der Waals surface area contributed by atoms with E-state index in [0.717, 1.165) is 22.3 Å². The van der Waals surface area contributed by atoms with Crippen LogP contribution in [0.25, 0.3) is 56.7 Å². The Morgan fingerprint density at radius 3 is 1.39 bits per heavy atom. The number of benzene rings is 4. The Kier molecular flexibility index (Phi) is 5.94. The van der Waals surface area contributed by atoms with Crippen molar-refractivity contribution in [2.75, 3.05) is 0 Å².